The van der Waals surface area contributed by atoms with Crippen LogP contribution in [0.5, 0.6) is 0 Å². The number of amides is 2. The highest BCUT2D eigenvalue weighted by atomic mass is 32.2. The highest BCUT2D eigenvalue weighted by molar-refractivity contribution is 7.90. The molecule has 1 aliphatic heterocycles. The minimum Gasteiger partial charge on any atom is -0.345 e. The number of sulfone groups is 1. The molecule has 0 saturated carbocycles. The quantitative estimate of drug-likeness (QED) is 0.783. The number of carbonyl (C=O) groups excluding carboxylic acids is 2. The van der Waals surface area contributed by atoms with Crippen LogP contribution in [0.25, 0.3) is 0 Å². The topological polar surface area (TPSA) is 110 Å². The molecule has 9 heteroatoms. The van der Waals surface area contributed by atoms with Crippen LogP contribution >= 0.6 is 0 Å². The molecule has 1 atom stereocenters. The van der Waals surface area contributed by atoms with Crippen LogP contribution in [-0.2, 0) is 36.5 Å². The summed E-state index contributed by atoms with van der Waals surface area (Å²) < 4.78 is 25.2. The van der Waals surface area contributed by atoms with Crippen LogP contribution in [0.15, 0.2) is 0 Å². The Kier molecular flexibility index (Phi) is 4.76. The van der Waals surface area contributed by atoms with Crippen molar-refractivity contribution >= 4 is 27.5 Å². The molecule has 1 unspecified atom stereocenters. The van der Waals surface area contributed by atoms with Crippen molar-refractivity contribution in [3.8, 4) is 0 Å². The molecular weight excluding hydrogens is 332 g/mol. The van der Waals surface area contributed by atoms with E-state index < -0.39 is 27.2 Å². The van der Waals surface area contributed by atoms with Crippen molar-refractivity contribution in [1.29, 1.82) is 0 Å². The van der Waals surface area contributed by atoms with Crippen molar-refractivity contribution in [2.75, 3.05) is 5.32 Å². The van der Waals surface area contributed by atoms with Crippen LogP contribution in [-0.4, -0.2) is 36.1 Å². The summed E-state index contributed by atoms with van der Waals surface area (Å²) in [4.78, 5) is 24.1. The fourth-order valence-electron chi connectivity index (χ4n) is 2.41. The molecule has 0 aromatic carbocycles. The van der Waals surface area contributed by atoms with Crippen LogP contribution < -0.4 is 10.6 Å². The summed E-state index contributed by atoms with van der Waals surface area (Å²) in [5, 5.41) is 9.47. The van der Waals surface area contributed by atoms with Crippen molar-refractivity contribution in [3.63, 3.8) is 0 Å². The van der Waals surface area contributed by atoms with E-state index in [2.05, 4.69) is 15.7 Å². The Hall–Kier alpha value is -1.90. The second-order valence-corrected chi connectivity index (χ2v) is 9.19. The molecule has 0 spiro atoms. The Morgan fingerprint density at radius 1 is 1.25 bits per heavy atom. The second kappa shape index (κ2) is 6.19. The fourth-order valence-corrected chi connectivity index (χ4v) is 3.91. The summed E-state index contributed by atoms with van der Waals surface area (Å²) in [6, 6.07) is -0.123. The zero-order valence-corrected chi connectivity index (χ0v) is 15.5. The summed E-state index contributed by atoms with van der Waals surface area (Å²) in [6.45, 7) is 9.36. The molecule has 1 aromatic heterocycles. The Labute approximate surface area is 141 Å². The predicted molar refractivity (Wildman–Crippen MR) is 90.1 cm³/mol. The molecule has 2 rings (SSSR count). The first kappa shape index (κ1) is 18.4. The van der Waals surface area contributed by atoms with Crippen molar-refractivity contribution in [2.24, 2.45) is 0 Å². The normalized spacial score (nSPS) is 17.2. The SMILES string of the molecule is CCC(C)NC(=O)C(=O)Nc1c2c(nn1C(C)(C)C)CS(=O)(=O)C2. The molecule has 0 aliphatic carbocycles. The molecule has 1 aliphatic rings. The number of nitrogens with one attached hydrogen (secondary N) is 2. The number of anilines is 1. The lowest BCUT2D eigenvalue weighted by Gasteiger charge is -2.23. The van der Waals surface area contributed by atoms with E-state index in [0.717, 1.165) is 0 Å². The first-order valence-electron chi connectivity index (χ1n) is 7.88. The number of nitrogens with zero attached hydrogens (tertiary/aromatic N) is 2. The molecular formula is C15H24N4O4S. The van der Waals surface area contributed by atoms with Crippen LogP contribution in [0.1, 0.15) is 52.3 Å². The first-order chi connectivity index (χ1) is 10.9. The van der Waals surface area contributed by atoms with Gasteiger partial charge in [0.2, 0.25) is 0 Å². The van der Waals surface area contributed by atoms with Gasteiger partial charge >= 0.3 is 11.8 Å². The lowest BCUT2D eigenvalue weighted by Crippen LogP contribution is -2.41. The lowest BCUT2D eigenvalue weighted by molar-refractivity contribution is -0.136. The average molecular weight is 356 g/mol. The van der Waals surface area contributed by atoms with E-state index in [9.17, 15) is 18.0 Å². The third kappa shape index (κ3) is 3.77. The van der Waals surface area contributed by atoms with E-state index in [4.69, 9.17) is 0 Å². The van der Waals surface area contributed by atoms with Crippen molar-refractivity contribution in [1.82, 2.24) is 15.1 Å². The number of aromatic nitrogens is 2. The van der Waals surface area contributed by atoms with Crippen molar-refractivity contribution in [2.45, 2.75) is 64.1 Å². The fraction of sp³-hybridized carbons (Fsp3) is 0.667. The van der Waals surface area contributed by atoms with Crippen LogP contribution in [0, 0.1) is 0 Å². The monoisotopic (exact) mass is 356 g/mol. The zero-order valence-electron chi connectivity index (χ0n) is 14.6. The summed E-state index contributed by atoms with van der Waals surface area (Å²) in [6.07, 6.45) is 0.701. The van der Waals surface area contributed by atoms with E-state index in [1.165, 1.54) is 0 Å². The molecule has 0 bridgehead atoms. The summed E-state index contributed by atoms with van der Waals surface area (Å²) in [5.74, 6) is -1.62. The van der Waals surface area contributed by atoms with E-state index in [1.54, 1.807) is 11.6 Å². The van der Waals surface area contributed by atoms with Gasteiger partial charge in [-0.3, -0.25) is 9.59 Å². The maximum Gasteiger partial charge on any atom is 0.314 e. The van der Waals surface area contributed by atoms with Crippen LogP contribution in [0.2, 0.25) is 0 Å². The number of fused-ring (bicyclic) bond motifs is 1. The third-order valence-electron chi connectivity index (χ3n) is 3.85. The Balaban J connectivity index is 2.33. The number of hydrogen-bond donors (Lipinski definition) is 2. The lowest BCUT2D eigenvalue weighted by atomic mass is 10.1. The van der Waals surface area contributed by atoms with E-state index in [1.807, 2.05) is 27.7 Å². The zero-order chi connectivity index (χ0) is 18.3. The van der Waals surface area contributed by atoms with Crippen molar-refractivity contribution < 1.29 is 18.0 Å². The summed E-state index contributed by atoms with van der Waals surface area (Å²) in [7, 11) is -3.25. The van der Waals surface area contributed by atoms with Gasteiger partial charge in [0.1, 0.15) is 5.82 Å². The van der Waals surface area contributed by atoms with Crippen molar-refractivity contribution in [3.05, 3.63) is 11.3 Å². The maximum absolute atomic E-state index is 12.2. The highest BCUT2D eigenvalue weighted by Gasteiger charge is 2.35. The first-order valence-corrected chi connectivity index (χ1v) is 9.70. The number of carbonyl (C=O) groups is 2. The number of rotatable bonds is 3. The van der Waals surface area contributed by atoms with Gasteiger partial charge in [-0.05, 0) is 34.1 Å². The average Bonchev–Trinajstić information content (AvgIpc) is 2.91. The summed E-state index contributed by atoms with van der Waals surface area (Å²) in [5.41, 5.74) is 0.432. The molecule has 2 amide bonds. The van der Waals surface area contributed by atoms with E-state index in [0.29, 0.717) is 17.7 Å². The molecule has 0 radical (unpaired) electrons. The second-order valence-electron chi connectivity index (χ2n) is 7.13. The molecule has 134 valence electrons. The predicted octanol–water partition coefficient (Wildman–Crippen LogP) is 0.920. The molecule has 24 heavy (non-hydrogen) atoms. The standard InChI is InChI=1S/C15H24N4O4S/c1-6-9(2)16-13(20)14(21)17-12-10-7-24(22,23)8-11(10)18-19(12)15(3,4)5/h9H,6-8H2,1-5H3,(H,16,20)(H,17,21). The molecule has 1 aromatic rings. The summed E-state index contributed by atoms with van der Waals surface area (Å²) >= 11 is 0. The number of hydrogen-bond acceptors (Lipinski definition) is 5. The van der Waals surface area contributed by atoms with Gasteiger partial charge in [-0.2, -0.15) is 5.10 Å². The van der Waals surface area contributed by atoms with Gasteiger partial charge in [0.25, 0.3) is 0 Å². The van der Waals surface area contributed by atoms with Gasteiger partial charge < -0.3 is 10.6 Å². The van der Waals surface area contributed by atoms with Crippen LogP contribution in [0.3, 0.4) is 0 Å². The van der Waals surface area contributed by atoms with E-state index in [-0.39, 0.29) is 23.4 Å². The van der Waals surface area contributed by atoms with E-state index >= 15 is 0 Å². The minimum absolute atomic E-state index is 0.123. The Morgan fingerprint density at radius 2 is 1.88 bits per heavy atom. The van der Waals surface area contributed by atoms with Gasteiger partial charge in [0.15, 0.2) is 9.84 Å². The smallest absolute Gasteiger partial charge is 0.314 e. The molecule has 8 nitrogen and oxygen atoms in total. The maximum atomic E-state index is 12.2. The van der Waals surface area contributed by atoms with Gasteiger partial charge in [-0.25, -0.2) is 13.1 Å². The largest absolute Gasteiger partial charge is 0.345 e. The van der Waals surface area contributed by atoms with Gasteiger partial charge in [-0.1, -0.05) is 6.92 Å². The molecule has 0 saturated heterocycles. The third-order valence-corrected chi connectivity index (χ3v) is 5.29. The Morgan fingerprint density at radius 3 is 2.42 bits per heavy atom. The molecule has 0 fully saturated rings. The van der Waals surface area contributed by atoms with Gasteiger partial charge in [0, 0.05) is 11.6 Å². The van der Waals surface area contributed by atoms with Gasteiger partial charge in [-0.15, -0.1) is 0 Å². The van der Waals surface area contributed by atoms with Gasteiger partial charge in [0.05, 0.1) is 22.7 Å². The highest BCUT2D eigenvalue weighted by Crippen LogP contribution is 2.34. The molecule has 2 N–H and O–H groups in total. The van der Waals surface area contributed by atoms with Crippen LogP contribution in [0.4, 0.5) is 5.82 Å². The minimum atomic E-state index is -3.25. The Bertz CT molecular complexity index is 774. The molecule has 2 heterocycles.